The highest BCUT2D eigenvalue weighted by atomic mass is 35.5. The molecule has 0 radical (unpaired) electrons. The number of rotatable bonds is 4. The minimum Gasteiger partial charge on any atom is -0.382 e. The van der Waals surface area contributed by atoms with E-state index in [1.54, 1.807) is 10.5 Å². The second kappa shape index (κ2) is 7.89. The van der Waals surface area contributed by atoms with Crippen LogP contribution in [0.2, 0.25) is 5.02 Å². The van der Waals surface area contributed by atoms with Gasteiger partial charge in [-0.05, 0) is 37.1 Å². The molecule has 7 nitrogen and oxygen atoms in total. The van der Waals surface area contributed by atoms with Gasteiger partial charge >= 0.3 is 0 Å². The lowest BCUT2D eigenvalue weighted by Crippen LogP contribution is -2.51. The van der Waals surface area contributed by atoms with Crippen LogP contribution in [-0.2, 0) is 14.9 Å². The van der Waals surface area contributed by atoms with Crippen LogP contribution in [0.3, 0.4) is 0 Å². The van der Waals surface area contributed by atoms with Gasteiger partial charge in [-0.3, -0.25) is 4.98 Å². The summed E-state index contributed by atoms with van der Waals surface area (Å²) in [4.78, 5) is 4.37. The summed E-state index contributed by atoms with van der Waals surface area (Å²) >= 11 is 6.13. The Bertz CT molecular complexity index is 910. The molecule has 27 heavy (non-hydrogen) atoms. The van der Waals surface area contributed by atoms with Gasteiger partial charge in [0.05, 0.1) is 18.7 Å². The van der Waals surface area contributed by atoms with Crippen LogP contribution in [0.1, 0.15) is 12.8 Å². The van der Waals surface area contributed by atoms with E-state index in [0.29, 0.717) is 44.4 Å². The maximum atomic E-state index is 12.8. The molecule has 2 aromatic rings. The summed E-state index contributed by atoms with van der Waals surface area (Å²) in [5, 5.41) is 5.20. The summed E-state index contributed by atoms with van der Waals surface area (Å²) in [6.07, 6.45) is 3.29. The number of aromatic nitrogens is 1. The normalized spacial score (nSPS) is 20.8. The molecule has 1 aromatic heterocycles. The fourth-order valence-electron chi connectivity index (χ4n) is 3.64. The van der Waals surface area contributed by atoms with E-state index in [1.807, 2.05) is 24.3 Å². The molecule has 4 rings (SSSR count). The lowest BCUT2D eigenvalue weighted by molar-refractivity contribution is 0.0697. The molecule has 2 saturated heterocycles. The van der Waals surface area contributed by atoms with Gasteiger partial charge in [0.2, 0.25) is 0 Å². The van der Waals surface area contributed by atoms with Gasteiger partial charge in [-0.25, -0.2) is 0 Å². The Kier molecular flexibility index (Phi) is 5.52. The number of ether oxygens (including phenoxy) is 1. The van der Waals surface area contributed by atoms with Gasteiger partial charge in [0.25, 0.3) is 10.2 Å². The number of piperidine rings is 1. The Morgan fingerprint density at radius 3 is 2.52 bits per heavy atom. The van der Waals surface area contributed by atoms with Crippen LogP contribution < -0.4 is 5.32 Å². The van der Waals surface area contributed by atoms with Crippen molar-refractivity contribution in [2.75, 3.05) is 44.7 Å². The highest BCUT2D eigenvalue weighted by Gasteiger charge is 2.33. The van der Waals surface area contributed by atoms with Crippen molar-refractivity contribution < 1.29 is 13.2 Å². The smallest absolute Gasteiger partial charge is 0.282 e. The summed E-state index contributed by atoms with van der Waals surface area (Å²) in [6, 6.07) is 7.79. The monoisotopic (exact) mass is 410 g/mol. The van der Waals surface area contributed by atoms with Gasteiger partial charge in [-0.15, -0.1) is 0 Å². The maximum absolute atomic E-state index is 12.8. The van der Waals surface area contributed by atoms with E-state index in [4.69, 9.17) is 16.3 Å². The third-order valence-electron chi connectivity index (χ3n) is 5.14. The van der Waals surface area contributed by atoms with Crippen LogP contribution in [0, 0.1) is 0 Å². The predicted octanol–water partition coefficient (Wildman–Crippen LogP) is 2.34. The predicted molar refractivity (Wildman–Crippen MR) is 106 cm³/mol. The average Bonchev–Trinajstić information content (AvgIpc) is 2.69. The molecule has 0 bridgehead atoms. The number of halogens is 1. The van der Waals surface area contributed by atoms with Crippen molar-refractivity contribution in [3.63, 3.8) is 0 Å². The zero-order valence-electron chi connectivity index (χ0n) is 15.0. The van der Waals surface area contributed by atoms with Crippen LogP contribution in [0.25, 0.3) is 10.9 Å². The molecule has 0 atom stereocenters. The van der Waals surface area contributed by atoms with Gasteiger partial charge < -0.3 is 10.1 Å². The number of nitrogens with one attached hydrogen (secondary N) is 1. The van der Waals surface area contributed by atoms with E-state index in [9.17, 15) is 8.42 Å². The van der Waals surface area contributed by atoms with E-state index in [2.05, 4.69) is 10.3 Å². The van der Waals surface area contributed by atoms with E-state index in [0.717, 1.165) is 29.4 Å². The van der Waals surface area contributed by atoms with E-state index >= 15 is 0 Å². The topological polar surface area (TPSA) is 74.8 Å². The number of morpholine rings is 1. The third-order valence-corrected chi connectivity index (χ3v) is 7.41. The van der Waals surface area contributed by atoms with Gasteiger partial charge in [0.15, 0.2) is 0 Å². The van der Waals surface area contributed by atoms with Crippen molar-refractivity contribution in [2.45, 2.75) is 18.9 Å². The number of anilines is 1. The molecule has 1 N–H and O–H groups in total. The zero-order chi connectivity index (χ0) is 18.9. The minimum absolute atomic E-state index is 0.214. The molecule has 0 aliphatic carbocycles. The summed E-state index contributed by atoms with van der Waals surface area (Å²) in [5.41, 5.74) is 1.87. The average molecular weight is 411 g/mol. The molecular formula is C18H23ClN4O3S. The molecule has 0 unspecified atom stereocenters. The highest BCUT2D eigenvalue weighted by molar-refractivity contribution is 7.86. The van der Waals surface area contributed by atoms with Gasteiger partial charge in [-0.2, -0.15) is 17.0 Å². The summed E-state index contributed by atoms with van der Waals surface area (Å²) in [6.45, 7) is 2.83. The van der Waals surface area contributed by atoms with Crippen molar-refractivity contribution in [3.05, 3.63) is 35.5 Å². The quantitative estimate of drug-likeness (QED) is 0.837. The standard InChI is InChI=1S/C18H23ClN4O3S/c19-14-1-2-17-16(13-14)18(3-6-20-17)21-15-4-7-22(8-5-15)27(24,25)23-9-11-26-12-10-23/h1-3,6,13,15H,4-5,7-12H2,(H,20,21). The van der Waals surface area contributed by atoms with Crippen molar-refractivity contribution in [1.29, 1.82) is 0 Å². The number of hydrogen-bond donors (Lipinski definition) is 1. The molecule has 2 aliphatic heterocycles. The largest absolute Gasteiger partial charge is 0.382 e. The second-order valence-corrected chi connectivity index (χ2v) is 9.22. The number of pyridine rings is 1. The Morgan fingerprint density at radius 1 is 1.07 bits per heavy atom. The fourth-order valence-corrected chi connectivity index (χ4v) is 5.42. The lowest BCUT2D eigenvalue weighted by atomic mass is 10.1. The molecule has 146 valence electrons. The minimum atomic E-state index is -3.39. The number of hydrogen-bond acceptors (Lipinski definition) is 5. The first-order valence-electron chi connectivity index (χ1n) is 9.18. The van der Waals surface area contributed by atoms with Crippen molar-refractivity contribution in [2.24, 2.45) is 0 Å². The van der Waals surface area contributed by atoms with Crippen LogP contribution in [-0.4, -0.2) is 67.4 Å². The fraction of sp³-hybridized carbons (Fsp3) is 0.500. The van der Waals surface area contributed by atoms with Crippen molar-refractivity contribution in [3.8, 4) is 0 Å². The molecule has 2 aliphatic rings. The summed E-state index contributed by atoms with van der Waals surface area (Å²) < 4.78 is 33.9. The maximum Gasteiger partial charge on any atom is 0.282 e. The van der Waals surface area contributed by atoms with Crippen LogP contribution >= 0.6 is 11.6 Å². The Morgan fingerprint density at radius 2 is 1.78 bits per heavy atom. The number of nitrogens with zero attached hydrogens (tertiary/aromatic N) is 3. The molecule has 9 heteroatoms. The SMILES string of the molecule is O=S(=O)(N1CCOCC1)N1CCC(Nc2ccnc3ccc(Cl)cc23)CC1. The van der Waals surface area contributed by atoms with Gasteiger partial charge in [0, 0.05) is 54.5 Å². The first-order valence-corrected chi connectivity index (χ1v) is 11.0. The number of benzene rings is 1. The second-order valence-electron chi connectivity index (χ2n) is 6.86. The van der Waals surface area contributed by atoms with Crippen LogP contribution in [0.15, 0.2) is 30.5 Å². The van der Waals surface area contributed by atoms with Crippen LogP contribution in [0.4, 0.5) is 5.69 Å². The molecule has 0 saturated carbocycles. The van der Waals surface area contributed by atoms with E-state index < -0.39 is 10.2 Å². The third kappa shape index (κ3) is 4.05. The van der Waals surface area contributed by atoms with Gasteiger partial charge in [0.1, 0.15) is 0 Å². The Labute approximate surface area is 164 Å². The van der Waals surface area contributed by atoms with E-state index in [1.165, 1.54) is 4.31 Å². The molecular weight excluding hydrogens is 388 g/mol. The zero-order valence-corrected chi connectivity index (χ0v) is 16.5. The van der Waals surface area contributed by atoms with E-state index in [-0.39, 0.29) is 6.04 Å². The Balaban J connectivity index is 1.42. The molecule has 0 spiro atoms. The Hall–Kier alpha value is -1.45. The van der Waals surface area contributed by atoms with Crippen molar-refractivity contribution >= 4 is 38.4 Å². The highest BCUT2D eigenvalue weighted by Crippen LogP contribution is 2.27. The molecule has 2 fully saturated rings. The van der Waals surface area contributed by atoms with Crippen LogP contribution in [0.5, 0.6) is 0 Å². The summed E-state index contributed by atoms with van der Waals surface area (Å²) in [7, 11) is -3.39. The number of fused-ring (bicyclic) bond motifs is 1. The molecule has 3 heterocycles. The summed E-state index contributed by atoms with van der Waals surface area (Å²) in [5.74, 6) is 0. The molecule has 0 amide bonds. The first kappa shape index (κ1) is 18.9. The first-order chi connectivity index (χ1) is 13.0. The van der Waals surface area contributed by atoms with Crippen molar-refractivity contribution in [1.82, 2.24) is 13.6 Å². The molecule has 1 aromatic carbocycles. The lowest BCUT2D eigenvalue weighted by Gasteiger charge is -2.36. The van der Waals surface area contributed by atoms with Gasteiger partial charge in [-0.1, -0.05) is 11.6 Å².